The van der Waals surface area contributed by atoms with Crippen LogP contribution in [0.3, 0.4) is 0 Å². The van der Waals surface area contributed by atoms with Gasteiger partial charge in [0.1, 0.15) is 0 Å². The van der Waals surface area contributed by atoms with Gasteiger partial charge in [0.25, 0.3) is 0 Å². The van der Waals surface area contributed by atoms with Crippen molar-refractivity contribution in [2.75, 3.05) is 19.1 Å². The molecule has 0 aromatic rings. The lowest BCUT2D eigenvalue weighted by molar-refractivity contribution is -0.105. The van der Waals surface area contributed by atoms with Crippen LogP contribution in [0.5, 0.6) is 0 Å². The maximum absolute atomic E-state index is 10.7. The second-order valence-corrected chi connectivity index (χ2v) is 3.46. The van der Waals surface area contributed by atoms with Crippen LogP contribution in [0.25, 0.3) is 0 Å². The van der Waals surface area contributed by atoms with Crippen molar-refractivity contribution in [2.45, 2.75) is 13.3 Å². The van der Waals surface area contributed by atoms with E-state index < -0.39 is 7.80 Å². The molecule has 1 atom stereocenters. The predicted octanol–water partition coefficient (Wildman–Crippen LogP) is 1.40. The molecule has 0 N–H and O–H groups in total. The van der Waals surface area contributed by atoms with Gasteiger partial charge >= 0.3 is 7.80 Å². The molecule has 0 aliphatic carbocycles. The normalized spacial score (nSPS) is 11.1. The van der Waals surface area contributed by atoms with Crippen LogP contribution >= 0.6 is 7.80 Å². The lowest BCUT2D eigenvalue weighted by atomic mass is 10.5. The fourth-order valence-electron chi connectivity index (χ4n) is 0.447. The van der Waals surface area contributed by atoms with Crippen molar-refractivity contribution in [1.82, 2.24) is 0 Å². The van der Waals surface area contributed by atoms with Crippen molar-refractivity contribution in [3.05, 3.63) is 0 Å². The SMILES string of the molecule is CCCOC[P+](=O)CC=O. The van der Waals surface area contributed by atoms with Gasteiger partial charge in [0, 0.05) is 0 Å². The largest absolute Gasteiger partial charge is 0.374 e. The predicted molar refractivity (Wildman–Crippen MR) is 39.6 cm³/mol. The van der Waals surface area contributed by atoms with Gasteiger partial charge in [-0.2, -0.15) is 0 Å². The van der Waals surface area contributed by atoms with Crippen molar-refractivity contribution in [3.63, 3.8) is 0 Å². The van der Waals surface area contributed by atoms with E-state index in [2.05, 4.69) is 0 Å². The monoisotopic (exact) mass is 163 g/mol. The van der Waals surface area contributed by atoms with Crippen molar-refractivity contribution < 1.29 is 14.1 Å². The van der Waals surface area contributed by atoms with E-state index >= 15 is 0 Å². The van der Waals surface area contributed by atoms with Gasteiger partial charge in [-0.25, -0.2) is 0 Å². The van der Waals surface area contributed by atoms with Crippen LogP contribution in [0.4, 0.5) is 0 Å². The maximum atomic E-state index is 10.7. The van der Waals surface area contributed by atoms with E-state index in [4.69, 9.17) is 4.74 Å². The summed E-state index contributed by atoms with van der Waals surface area (Å²) >= 11 is 0. The molecule has 0 heterocycles. The average Bonchev–Trinajstić information content (AvgIpc) is 1.89. The Bertz CT molecular complexity index is 114. The number of aldehydes is 1. The molecule has 58 valence electrons. The molecule has 0 radical (unpaired) electrons. The van der Waals surface area contributed by atoms with Crippen LogP contribution in [0.15, 0.2) is 0 Å². The van der Waals surface area contributed by atoms with Crippen molar-refractivity contribution >= 4 is 14.1 Å². The lowest BCUT2D eigenvalue weighted by Crippen LogP contribution is -1.93. The molecule has 0 aromatic heterocycles. The van der Waals surface area contributed by atoms with Gasteiger partial charge in [0.15, 0.2) is 6.29 Å². The van der Waals surface area contributed by atoms with Crippen LogP contribution < -0.4 is 0 Å². The molecule has 1 unspecified atom stereocenters. The Morgan fingerprint density at radius 3 is 2.80 bits per heavy atom. The van der Waals surface area contributed by atoms with E-state index in [9.17, 15) is 9.36 Å². The smallest absolute Gasteiger partial charge is 0.337 e. The first-order valence-corrected chi connectivity index (χ1v) is 4.87. The molecule has 0 spiro atoms. The van der Waals surface area contributed by atoms with Crippen LogP contribution in [-0.4, -0.2) is 25.4 Å². The van der Waals surface area contributed by atoms with Crippen molar-refractivity contribution in [1.29, 1.82) is 0 Å². The van der Waals surface area contributed by atoms with Crippen LogP contribution in [-0.2, 0) is 14.1 Å². The van der Waals surface area contributed by atoms with Crippen molar-refractivity contribution in [2.24, 2.45) is 0 Å². The molecule has 0 bridgehead atoms. The third kappa shape index (κ3) is 5.86. The number of hydrogen-bond donors (Lipinski definition) is 0. The summed E-state index contributed by atoms with van der Waals surface area (Å²) in [5.74, 6) is 0. The quantitative estimate of drug-likeness (QED) is 0.337. The summed E-state index contributed by atoms with van der Waals surface area (Å²) in [4.78, 5) is 9.81. The molecular formula is C6H12O3P+. The van der Waals surface area contributed by atoms with Gasteiger partial charge in [0.05, 0.1) is 6.61 Å². The maximum Gasteiger partial charge on any atom is 0.374 e. The summed E-state index contributed by atoms with van der Waals surface area (Å²) in [6.07, 6.45) is 1.93. The minimum absolute atomic E-state index is 0.124. The minimum atomic E-state index is -1.43. The molecule has 0 aliphatic heterocycles. The Morgan fingerprint density at radius 2 is 2.30 bits per heavy atom. The molecule has 0 aliphatic rings. The van der Waals surface area contributed by atoms with Crippen LogP contribution in [0.2, 0.25) is 0 Å². The number of carbonyl (C=O) groups excluding carboxylic acids is 1. The first-order valence-electron chi connectivity index (χ1n) is 3.24. The molecular weight excluding hydrogens is 151 g/mol. The van der Waals surface area contributed by atoms with E-state index in [1.165, 1.54) is 0 Å². The Kier molecular flexibility index (Phi) is 6.66. The van der Waals surface area contributed by atoms with E-state index in [0.29, 0.717) is 12.9 Å². The molecule has 0 saturated carbocycles. The van der Waals surface area contributed by atoms with Crippen molar-refractivity contribution in [3.8, 4) is 0 Å². The van der Waals surface area contributed by atoms with Gasteiger partial charge in [-0.15, -0.1) is 0 Å². The van der Waals surface area contributed by atoms with Gasteiger partial charge < -0.3 is 4.74 Å². The summed E-state index contributed by atoms with van der Waals surface area (Å²) < 4.78 is 15.7. The van der Waals surface area contributed by atoms with E-state index in [0.717, 1.165) is 6.42 Å². The fraction of sp³-hybridized carbons (Fsp3) is 0.833. The molecule has 0 saturated heterocycles. The first-order chi connectivity index (χ1) is 4.81. The zero-order valence-corrected chi connectivity index (χ0v) is 6.97. The van der Waals surface area contributed by atoms with Gasteiger partial charge in [-0.1, -0.05) is 11.5 Å². The summed E-state index contributed by atoms with van der Waals surface area (Å²) in [6.45, 7) is 2.60. The number of carbonyl (C=O) groups is 1. The topological polar surface area (TPSA) is 43.4 Å². The fourth-order valence-corrected chi connectivity index (χ4v) is 1.05. The highest BCUT2D eigenvalue weighted by atomic mass is 31.1. The Balaban J connectivity index is 3.13. The third-order valence-corrected chi connectivity index (χ3v) is 1.89. The van der Waals surface area contributed by atoms with Gasteiger partial charge in [-0.3, -0.25) is 4.79 Å². The summed E-state index contributed by atoms with van der Waals surface area (Å²) in [7, 11) is -1.43. The number of rotatable bonds is 6. The Morgan fingerprint density at radius 1 is 1.60 bits per heavy atom. The van der Waals surface area contributed by atoms with Gasteiger partial charge in [-0.05, 0) is 6.42 Å². The zero-order chi connectivity index (χ0) is 7.82. The average molecular weight is 163 g/mol. The summed E-state index contributed by atoms with van der Waals surface area (Å²) in [5.41, 5.74) is 0. The van der Waals surface area contributed by atoms with E-state index in [1.54, 1.807) is 0 Å². The molecule has 0 aromatic carbocycles. The molecule has 4 heteroatoms. The second-order valence-electron chi connectivity index (χ2n) is 1.87. The zero-order valence-electron chi connectivity index (χ0n) is 6.08. The summed E-state index contributed by atoms with van der Waals surface area (Å²) in [5, 5.41) is 0. The number of hydrogen-bond acceptors (Lipinski definition) is 3. The molecule has 3 nitrogen and oxygen atoms in total. The highest BCUT2D eigenvalue weighted by Gasteiger charge is 2.12. The Hall–Kier alpha value is -0.270. The first kappa shape index (κ1) is 9.73. The minimum Gasteiger partial charge on any atom is -0.337 e. The standard InChI is InChI=1S/C6H12O3P/c1-2-4-9-6-10(8)5-3-7/h3H,2,4-6H2,1H3/q+1. The third-order valence-electron chi connectivity index (χ3n) is 0.862. The van der Waals surface area contributed by atoms with Gasteiger partial charge in [0.2, 0.25) is 12.5 Å². The second kappa shape index (κ2) is 6.84. The lowest BCUT2D eigenvalue weighted by Gasteiger charge is -1.89. The van der Waals surface area contributed by atoms with Crippen LogP contribution in [0, 0.1) is 0 Å². The molecule has 10 heavy (non-hydrogen) atoms. The highest BCUT2D eigenvalue weighted by Crippen LogP contribution is 2.17. The van der Waals surface area contributed by atoms with E-state index in [-0.39, 0.29) is 12.5 Å². The van der Waals surface area contributed by atoms with Crippen LogP contribution in [0.1, 0.15) is 13.3 Å². The highest BCUT2D eigenvalue weighted by molar-refractivity contribution is 7.45. The molecule has 0 rings (SSSR count). The molecule has 0 amide bonds. The number of ether oxygens (including phenoxy) is 1. The molecule has 0 fully saturated rings. The summed E-state index contributed by atoms with van der Waals surface area (Å²) in [6, 6.07) is 0. The Labute approximate surface area is 61.5 Å². The van der Waals surface area contributed by atoms with E-state index in [1.807, 2.05) is 6.92 Å².